The summed E-state index contributed by atoms with van der Waals surface area (Å²) in [6.07, 6.45) is 2.34. The zero-order chi connectivity index (χ0) is 13.3. The Morgan fingerprint density at radius 2 is 1.16 bits per heavy atom. The van der Waals surface area contributed by atoms with Crippen molar-refractivity contribution < 1.29 is 0 Å². The fourth-order valence-electron chi connectivity index (χ4n) is 1.91. The molecule has 2 N–H and O–H groups in total. The van der Waals surface area contributed by atoms with Gasteiger partial charge in [-0.1, -0.05) is 60.7 Å². The molecule has 19 heavy (non-hydrogen) atoms. The van der Waals surface area contributed by atoms with Crippen molar-refractivity contribution in [2.75, 3.05) is 6.54 Å². The molecule has 0 aromatic heterocycles. The molecule has 0 spiro atoms. The molecule has 2 unspecified atom stereocenters. The maximum absolute atomic E-state index is 5.91. The maximum atomic E-state index is 5.91. The zero-order valence-corrected chi connectivity index (χ0v) is 13.0. The van der Waals surface area contributed by atoms with Crippen LogP contribution in [0, 0.1) is 0 Å². The fraction of sp³-hybridized carbons (Fsp3) is 0.250. The average Bonchev–Trinajstić information content (AvgIpc) is 2.49. The molecular formula is C16H21NP2. The van der Waals surface area contributed by atoms with Gasteiger partial charge in [0.05, 0.1) is 0 Å². The lowest BCUT2D eigenvalue weighted by molar-refractivity contribution is 1.08. The van der Waals surface area contributed by atoms with Gasteiger partial charge in [-0.05, 0) is 23.5 Å². The second-order valence-corrected chi connectivity index (χ2v) is 8.02. The third-order valence-corrected chi connectivity index (χ3v) is 6.93. The van der Waals surface area contributed by atoms with Gasteiger partial charge in [0.25, 0.3) is 0 Å². The Labute approximate surface area is 119 Å². The lowest BCUT2D eigenvalue weighted by atomic mass is 10.2. The predicted molar refractivity (Wildman–Crippen MR) is 89.8 cm³/mol. The van der Waals surface area contributed by atoms with E-state index in [4.69, 9.17) is 5.73 Å². The van der Waals surface area contributed by atoms with Crippen molar-refractivity contribution in [3.63, 3.8) is 0 Å². The molecule has 2 aromatic carbocycles. The van der Waals surface area contributed by atoms with Crippen LogP contribution < -0.4 is 5.73 Å². The molecule has 3 heteroatoms. The van der Waals surface area contributed by atoms with Gasteiger partial charge in [0.15, 0.2) is 0 Å². The fourth-order valence-corrected chi connectivity index (χ4v) is 4.87. The predicted octanol–water partition coefficient (Wildman–Crippen LogP) is 4.03. The van der Waals surface area contributed by atoms with Crippen molar-refractivity contribution in [1.82, 2.24) is 0 Å². The number of benzene rings is 2. The van der Waals surface area contributed by atoms with Crippen LogP contribution in [0.4, 0.5) is 0 Å². The standard InChI is InChI=1S/C16H21NP2/c17-11-16(18-12-14-7-3-1-4-8-14)19-13-15-9-5-2-6-10-15/h1-10,16,18-19H,11-13,17H2. The minimum absolute atomic E-state index is 0.681. The minimum atomic E-state index is 0.681. The SMILES string of the molecule is NCC(PCc1ccccc1)PCc1ccccc1. The normalized spacial score (nSPS) is 13.5. The second kappa shape index (κ2) is 8.43. The van der Waals surface area contributed by atoms with E-state index in [0.29, 0.717) is 5.40 Å². The molecule has 0 aliphatic heterocycles. The summed E-state index contributed by atoms with van der Waals surface area (Å²) >= 11 is 0. The molecule has 2 atom stereocenters. The van der Waals surface area contributed by atoms with Crippen LogP contribution in [0.1, 0.15) is 11.1 Å². The first-order valence-corrected chi connectivity index (χ1v) is 9.20. The van der Waals surface area contributed by atoms with Gasteiger partial charge in [0.1, 0.15) is 0 Å². The van der Waals surface area contributed by atoms with Crippen LogP contribution in [0.25, 0.3) is 0 Å². The van der Waals surface area contributed by atoms with E-state index >= 15 is 0 Å². The molecule has 100 valence electrons. The molecule has 0 fully saturated rings. The van der Waals surface area contributed by atoms with E-state index in [1.54, 1.807) is 0 Å². The summed E-state index contributed by atoms with van der Waals surface area (Å²) in [7, 11) is 1.88. The van der Waals surface area contributed by atoms with Crippen molar-refractivity contribution in [2.45, 2.75) is 17.7 Å². The highest BCUT2D eigenvalue weighted by Gasteiger charge is 2.06. The Morgan fingerprint density at radius 3 is 1.53 bits per heavy atom. The summed E-state index contributed by atoms with van der Waals surface area (Å²) < 4.78 is 0. The molecule has 0 aliphatic rings. The number of nitrogens with two attached hydrogens (primary N) is 1. The number of rotatable bonds is 7. The third-order valence-electron chi connectivity index (χ3n) is 3.03. The minimum Gasteiger partial charge on any atom is -0.330 e. The molecule has 2 rings (SSSR count). The van der Waals surface area contributed by atoms with Crippen molar-refractivity contribution in [3.8, 4) is 0 Å². The van der Waals surface area contributed by atoms with Gasteiger partial charge in [-0.3, -0.25) is 0 Å². The molecule has 0 saturated carbocycles. The van der Waals surface area contributed by atoms with Gasteiger partial charge in [0, 0.05) is 11.9 Å². The first-order chi connectivity index (χ1) is 9.38. The van der Waals surface area contributed by atoms with E-state index in [0.717, 1.165) is 23.7 Å². The number of hydrogen-bond acceptors (Lipinski definition) is 1. The van der Waals surface area contributed by atoms with Crippen molar-refractivity contribution in [2.24, 2.45) is 5.73 Å². The van der Waals surface area contributed by atoms with E-state index in [9.17, 15) is 0 Å². The van der Waals surface area contributed by atoms with Crippen LogP contribution in [-0.4, -0.2) is 11.9 Å². The molecule has 0 saturated heterocycles. The highest BCUT2D eigenvalue weighted by Crippen LogP contribution is 2.38. The van der Waals surface area contributed by atoms with Crippen LogP contribution in [-0.2, 0) is 12.3 Å². The monoisotopic (exact) mass is 289 g/mol. The highest BCUT2D eigenvalue weighted by atomic mass is 31.1. The second-order valence-electron chi connectivity index (χ2n) is 4.52. The van der Waals surface area contributed by atoms with Gasteiger partial charge in [-0.25, -0.2) is 0 Å². The first kappa shape index (κ1) is 14.7. The molecule has 2 aromatic rings. The molecule has 0 aliphatic carbocycles. The average molecular weight is 289 g/mol. The summed E-state index contributed by atoms with van der Waals surface area (Å²) in [6.45, 7) is 0.816. The lowest BCUT2D eigenvalue weighted by Gasteiger charge is -2.15. The van der Waals surface area contributed by atoms with E-state index in [-0.39, 0.29) is 0 Å². The van der Waals surface area contributed by atoms with Gasteiger partial charge >= 0.3 is 0 Å². The Hall–Kier alpha value is -0.740. The third kappa shape index (κ3) is 5.41. The molecular weight excluding hydrogens is 268 g/mol. The van der Waals surface area contributed by atoms with Crippen LogP contribution in [0.3, 0.4) is 0 Å². The Balaban J connectivity index is 1.77. The molecule has 0 amide bonds. The van der Waals surface area contributed by atoms with E-state index in [2.05, 4.69) is 60.7 Å². The number of hydrogen-bond donors (Lipinski definition) is 1. The molecule has 0 radical (unpaired) electrons. The van der Waals surface area contributed by atoms with Crippen molar-refractivity contribution >= 4 is 17.2 Å². The van der Waals surface area contributed by atoms with Gasteiger partial charge in [-0.15, -0.1) is 17.2 Å². The van der Waals surface area contributed by atoms with Gasteiger partial charge in [0.2, 0.25) is 0 Å². The van der Waals surface area contributed by atoms with E-state index in [1.807, 2.05) is 0 Å². The first-order valence-electron chi connectivity index (χ1n) is 6.63. The van der Waals surface area contributed by atoms with Crippen LogP contribution in [0.15, 0.2) is 60.7 Å². The maximum Gasteiger partial charge on any atom is 0.00670 e. The molecule has 1 nitrogen and oxygen atoms in total. The largest absolute Gasteiger partial charge is 0.330 e. The van der Waals surface area contributed by atoms with Gasteiger partial charge in [-0.2, -0.15) is 0 Å². The van der Waals surface area contributed by atoms with E-state index in [1.165, 1.54) is 23.5 Å². The summed E-state index contributed by atoms with van der Waals surface area (Å²) in [5, 5.41) is 0.681. The summed E-state index contributed by atoms with van der Waals surface area (Å²) in [5.74, 6) is 0. The highest BCUT2D eigenvalue weighted by molar-refractivity contribution is 7.56. The van der Waals surface area contributed by atoms with Crippen LogP contribution in [0.5, 0.6) is 0 Å². The summed E-state index contributed by atoms with van der Waals surface area (Å²) in [5.41, 5.74) is 8.78. The zero-order valence-electron chi connectivity index (χ0n) is 11.0. The van der Waals surface area contributed by atoms with E-state index < -0.39 is 0 Å². The Kier molecular flexibility index (Phi) is 6.51. The lowest BCUT2D eigenvalue weighted by Crippen LogP contribution is -2.11. The Morgan fingerprint density at radius 1 is 0.737 bits per heavy atom. The Bertz CT molecular complexity index is 415. The molecule has 0 heterocycles. The van der Waals surface area contributed by atoms with Crippen LogP contribution in [0.2, 0.25) is 0 Å². The summed E-state index contributed by atoms with van der Waals surface area (Å²) in [6, 6.07) is 21.4. The van der Waals surface area contributed by atoms with Gasteiger partial charge < -0.3 is 5.73 Å². The quantitative estimate of drug-likeness (QED) is 0.765. The van der Waals surface area contributed by atoms with Crippen LogP contribution >= 0.6 is 17.2 Å². The summed E-state index contributed by atoms with van der Waals surface area (Å²) in [4.78, 5) is 0. The molecule has 0 bridgehead atoms. The van der Waals surface area contributed by atoms with Crippen molar-refractivity contribution in [1.29, 1.82) is 0 Å². The van der Waals surface area contributed by atoms with Crippen molar-refractivity contribution in [3.05, 3.63) is 71.8 Å². The smallest absolute Gasteiger partial charge is 0.00670 e. The topological polar surface area (TPSA) is 26.0 Å².